The molecule has 3 aromatic rings. The molecule has 1 spiro atoms. The molecule has 0 bridgehead atoms. The van der Waals surface area contributed by atoms with Gasteiger partial charge in [-0.25, -0.2) is 4.79 Å². The quantitative estimate of drug-likeness (QED) is 0.297. The lowest BCUT2D eigenvalue weighted by Crippen LogP contribution is -2.58. The van der Waals surface area contributed by atoms with Crippen LogP contribution in [0.2, 0.25) is 5.02 Å². The van der Waals surface area contributed by atoms with Crippen LogP contribution in [0.3, 0.4) is 0 Å². The fourth-order valence-corrected chi connectivity index (χ4v) is 6.96. The monoisotopic (exact) mass is 603 g/mol. The van der Waals surface area contributed by atoms with E-state index < -0.39 is 35.0 Å². The molecule has 2 aliphatic heterocycles. The van der Waals surface area contributed by atoms with Gasteiger partial charge in [0.2, 0.25) is 17.2 Å². The number of hydrogen-bond acceptors (Lipinski definition) is 9. The van der Waals surface area contributed by atoms with Crippen molar-refractivity contribution in [3.63, 3.8) is 0 Å². The molecule has 0 unspecified atom stereocenters. The normalized spacial score (nSPS) is 22.7. The first-order chi connectivity index (χ1) is 20.6. The van der Waals surface area contributed by atoms with E-state index in [1.54, 1.807) is 27.0 Å². The molecule has 1 aliphatic carbocycles. The lowest BCUT2D eigenvalue weighted by molar-refractivity contribution is -0.136. The predicted molar refractivity (Wildman–Crippen MR) is 159 cm³/mol. The molecule has 0 saturated carbocycles. The molecule has 0 amide bonds. The van der Waals surface area contributed by atoms with Crippen LogP contribution < -0.4 is 24.3 Å². The summed E-state index contributed by atoms with van der Waals surface area (Å²) in [6.07, 6.45) is 0.286. The first-order valence-electron chi connectivity index (χ1n) is 13.7. The van der Waals surface area contributed by atoms with E-state index in [-0.39, 0.29) is 45.4 Å². The Bertz CT molecular complexity index is 1810. The van der Waals surface area contributed by atoms with Gasteiger partial charge in [0.25, 0.3) is 0 Å². The second kappa shape index (κ2) is 10.3. The predicted octanol–water partition coefficient (Wildman–Crippen LogP) is 5.53. The third-order valence-corrected chi connectivity index (χ3v) is 9.06. The number of benzene rings is 3. The van der Waals surface area contributed by atoms with Gasteiger partial charge in [0.15, 0.2) is 5.75 Å². The van der Waals surface area contributed by atoms with Crippen LogP contribution >= 0.6 is 11.6 Å². The number of methoxy groups -OCH3 is 4. The molecule has 10 heteroatoms. The molecule has 0 radical (unpaired) electrons. The van der Waals surface area contributed by atoms with Crippen LogP contribution in [-0.4, -0.2) is 51.6 Å². The first kappa shape index (κ1) is 28.6. The molecular weight excluding hydrogens is 574 g/mol. The van der Waals surface area contributed by atoms with Crippen molar-refractivity contribution in [1.29, 1.82) is 0 Å². The van der Waals surface area contributed by atoms with Gasteiger partial charge >= 0.3 is 5.97 Å². The average Bonchev–Trinajstić information content (AvgIpc) is 3.33. The highest BCUT2D eigenvalue weighted by atomic mass is 35.5. The van der Waals surface area contributed by atoms with Gasteiger partial charge in [-0.15, -0.1) is 0 Å². The summed E-state index contributed by atoms with van der Waals surface area (Å²) in [7, 11) is 5.73. The Balaban J connectivity index is 1.60. The van der Waals surface area contributed by atoms with Crippen molar-refractivity contribution in [2.75, 3.05) is 28.4 Å². The Morgan fingerprint density at radius 1 is 0.953 bits per heavy atom. The second-order valence-corrected chi connectivity index (χ2v) is 11.2. The van der Waals surface area contributed by atoms with Crippen molar-refractivity contribution in [2.24, 2.45) is 5.92 Å². The molecule has 3 aromatic carbocycles. The van der Waals surface area contributed by atoms with Crippen LogP contribution in [0.1, 0.15) is 42.1 Å². The summed E-state index contributed by atoms with van der Waals surface area (Å²) >= 11 is 6.63. The van der Waals surface area contributed by atoms with Gasteiger partial charge in [-0.2, -0.15) is 0 Å². The Hall–Kier alpha value is -4.50. The lowest BCUT2D eigenvalue weighted by Gasteiger charge is -2.42. The summed E-state index contributed by atoms with van der Waals surface area (Å²) in [6, 6.07) is 12.7. The SMILES string of the molecule is COC(=O)C1=C(C)NC2=C(C(=O)[C@@]3(Oc4c(Cl)c(OC)cc(OC)c4C3=O)[C@H](C)C2)[C@H]1c1ccc(OC)c2ccccc12. The standard InChI is InChI=1S/C33H30ClNO8/c1-15-13-20-26(30(36)33(15)31(37)27-22(40-4)14-23(41-5)28(34)29(27)43-33)25(24(16(2)35-20)32(38)42-6)19-11-12-21(39-3)18-10-8-7-9-17(18)19/h7-12,14-15,25,35H,13H2,1-6H3/t15-,25+,33+/m1/s1. The van der Waals surface area contributed by atoms with Crippen molar-refractivity contribution in [3.8, 4) is 23.0 Å². The summed E-state index contributed by atoms with van der Waals surface area (Å²) in [6.45, 7) is 3.57. The number of Topliss-reactive ketones (excluding diaryl/α,β-unsaturated/α-hetero) is 2. The second-order valence-electron chi connectivity index (χ2n) is 10.8. The Kier molecular flexibility index (Phi) is 6.88. The number of hydrogen-bond donors (Lipinski definition) is 1. The number of rotatable bonds is 5. The zero-order valence-corrected chi connectivity index (χ0v) is 25.3. The van der Waals surface area contributed by atoms with E-state index >= 15 is 0 Å². The molecule has 6 rings (SSSR count). The molecule has 3 atom stereocenters. The average molecular weight is 604 g/mol. The zero-order valence-electron chi connectivity index (χ0n) is 24.5. The van der Waals surface area contributed by atoms with Gasteiger partial charge in [0.05, 0.1) is 34.0 Å². The van der Waals surface area contributed by atoms with E-state index in [4.69, 9.17) is 35.3 Å². The van der Waals surface area contributed by atoms with Crippen LogP contribution in [-0.2, 0) is 14.3 Å². The fourth-order valence-electron chi connectivity index (χ4n) is 6.69. The van der Waals surface area contributed by atoms with Gasteiger partial charge in [-0.3, -0.25) is 9.59 Å². The maximum absolute atomic E-state index is 15.0. The number of halogens is 1. The molecule has 9 nitrogen and oxygen atoms in total. The van der Waals surface area contributed by atoms with Crippen LogP contribution in [0.5, 0.6) is 23.0 Å². The first-order valence-corrected chi connectivity index (χ1v) is 14.1. The highest BCUT2D eigenvalue weighted by molar-refractivity contribution is 6.36. The van der Waals surface area contributed by atoms with Gasteiger partial charge < -0.3 is 29.0 Å². The minimum Gasteiger partial charge on any atom is -0.496 e. The Morgan fingerprint density at radius 2 is 1.63 bits per heavy atom. The minimum absolute atomic E-state index is 0.0299. The minimum atomic E-state index is -1.95. The van der Waals surface area contributed by atoms with Crippen LogP contribution in [0.25, 0.3) is 10.8 Å². The topological polar surface area (TPSA) is 109 Å². The maximum Gasteiger partial charge on any atom is 0.336 e. The van der Waals surface area contributed by atoms with E-state index in [0.717, 1.165) is 10.8 Å². The van der Waals surface area contributed by atoms with Gasteiger partial charge in [0.1, 0.15) is 27.8 Å². The van der Waals surface area contributed by atoms with Crippen molar-refractivity contribution in [2.45, 2.75) is 31.8 Å². The zero-order chi connectivity index (χ0) is 30.8. The fraction of sp³-hybridized carbons (Fsp3) is 0.303. The number of ether oxygens (including phenoxy) is 5. The van der Waals surface area contributed by atoms with E-state index in [9.17, 15) is 14.4 Å². The number of esters is 1. The van der Waals surface area contributed by atoms with Crippen LogP contribution in [0.15, 0.2) is 65.0 Å². The van der Waals surface area contributed by atoms with Crippen molar-refractivity contribution < 1.29 is 38.1 Å². The number of allylic oxidation sites excluding steroid dienone is 2. The molecule has 0 aromatic heterocycles. The van der Waals surface area contributed by atoms with Crippen LogP contribution in [0, 0.1) is 5.92 Å². The number of fused-ring (bicyclic) bond motifs is 2. The summed E-state index contributed by atoms with van der Waals surface area (Å²) in [5, 5.41) is 4.94. The third-order valence-electron chi connectivity index (χ3n) is 8.70. The Morgan fingerprint density at radius 3 is 2.28 bits per heavy atom. The number of carbonyl (C=O) groups is 3. The smallest absolute Gasteiger partial charge is 0.336 e. The molecule has 1 N–H and O–H groups in total. The molecule has 2 heterocycles. The van der Waals surface area contributed by atoms with E-state index in [1.165, 1.54) is 27.4 Å². The van der Waals surface area contributed by atoms with Crippen LogP contribution in [0.4, 0.5) is 0 Å². The van der Waals surface area contributed by atoms with E-state index in [2.05, 4.69) is 5.32 Å². The molecule has 0 saturated heterocycles. The number of carbonyl (C=O) groups excluding carboxylic acids is 3. The molecular formula is C33H30ClNO8. The number of nitrogens with one attached hydrogen (secondary N) is 1. The molecule has 43 heavy (non-hydrogen) atoms. The number of ketones is 2. The van der Waals surface area contributed by atoms with Crippen molar-refractivity contribution in [3.05, 3.63) is 81.2 Å². The Labute approximate surface area is 253 Å². The highest BCUT2D eigenvalue weighted by Crippen LogP contribution is 2.56. The van der Waals surface area contributed by atoms with E-state index in [0.29, 0.717) is 22.7 Å². The summed E-state index contributed by atoms with van der Waals surface area (Å²) in [5.41, 5.74) is 0.497. The van der Waals surface area contributed by atoms with Crippen molar-refractivity contribution in [1.82, 2.24) is 5.32 Å². The summed E-state index contributed by atoms with van der Waals surface area (Å²) < 4.78 is 28.1. The molecule has 222 valence electrons. The van der Waals surface area contributed by atoms with Gasteiger partial charge in [-0.05, 0) is 30.4 Å². The molecule has 0 fully saturated rings. The maximum atomic E-state index is 15.0. The number of dihydropyridines is 1. The highest BCUT2D eigenvalue weighted by Gasteiger charge is 2.63. The van der Waals surface area contributed by atoms with Gasteiger partial charge in [0, 0.05) is 40.3 Å². The molecule has 3 aliphatic rings. The summed E-state index contributed by atoms with van der Waals surface area (Å²) in [4.78, 5) is 42.8. The largest absolute Gasteiger partial charge is 0.496 e. The van der Waals surface area contributed by atoms with Crippen molar-refractivity contribution >= 4 is 39.9 Å². The van der Waals surface area contributed by atoms with Gasteiger partial charge in [-0.1, -0.05) is 48.9 Å². The summed E-state index contributed by atoms with van der Waals surface area (Å²) in [5.74, 6) is -2.09. The van der Waals surface area contributed by atoms with E-state index in [1.807, 2.05) is 30.3 Å². The lowest BCUT2D eigenvalue weighted by atomic mass is 9.65. The third kappa shape index (κ3) is 3.87.